The molecule has 0 aliphatic rings. The van der Waals surface area contributed by atoms with Crippen molar-refractivity contribution in [2.75, 3.05) is 0 Å². The molecule has 0 amide bonds. The van der Waals surface area contributed by atoms with Crippen molar-refractivity contribution in [1.82, 2.24) is 9.38 Å². The Hall–Kier alpha value is -1.68. The molecular formula is C14H10BrFN2. The van der Waals surface area contributed by atoms with E-state index in [-0.39, 0.29) is 5.82 Å². The van der Waals surface area contributed by atoms with Gasteiger partial charge < -0.3 is 4.40 Å². The summed E-state index contributed by atoms with van der Waals surface area (Å²) in [5, 5.41) is 0. The van der Waals surface area contributed by atoms with Crippen LogP contribution in [0.15, 0.2) is 47.2 Å². The van der Waals surface area contributed by atoms with E-state index in [1.807, 2.05) is 41.9 Å². The zero-order valence-corrected chi connectivity index (χ0v) is 11.3. The highest BCUT2D eigenvalue weighted by Crippen LogP contribution is 2.25. The Labute approximate surface area is 112 Å². The molecule has 0 saturated carbocycles. The van der Waals surface area contributed by atoms with Crippen LogP contribution in [-0.4, -0.2) is 9.38 Å². The SMILES string of the molecule is Cc1ccn2cc(-c3ccc(Br)cc3F)nc2c1. The molecule has 0 fully saturated rings. The van der Waals surface area contributed by atoms with E-state index in [1.165, 1.54) is 6.07 Å². The van der Waals surface area contributed by atoms with E-state index in [0.29, 0.717) is 11.3 Å². The number of rotatable bonds is 1. The van der Waals surface area contributed by atoms with Gasteiger partial charge in [-0.2, -0.15) is 0 Å². The number of halogens is 2. The van der Waals surface area contributed by atoms with E-state index >= 15 is 0 Å². The van der Waals surface area contributed by atoms with Crippen molar-refractivity contribution in [1.29, 1.82) is 0 Å². The van der Waals surface area contributed by atoms with Gasteiger partial charge in [0.1, 0.15) is 11.5 Å². The van der Waals surface area contributed by atoms with Gasteiger partial charge in [0, 0.05) is 22.4 Å². The van der Waals surface area contributed by atoms with Gasteiger partial charge in [-0.3, -0.25) is 0 Å². The van der Waals surface area contributed by atoms with Crippen molar-refractivity contribution in [2.45, 2.75) is 6.92 Å². The van der Waals surface area contributed by atoms with Gasteiger partial charge in [0.2, 0.25) is 0 Å². The fourth-order valence-electron chi connectivity index (χ4n) is 1.91. The number of benzene rings is 1. The van der Waals surface area contributed by atoms with Gasteiger partial charge in [0.15, 0.2) is 0 Å². The predicted octanol–water partition coefficient (Wildman–Crippen LogP) is 4.21. The first-order valence-electron chi connectivity index (χ1n) is 5.54. The molecule has 0 radical (unpaired) electrons. The van der Waals surface area contributed by atoms with Crippen LogP contribution < -0.4 is 0 Å². The fraction of sp³-hybridized carbons (Fsp3) is 0.0714. The first-order chi connectivity index (χ1) is 8.63. The van der Waals surface area contributed by atoms with Crippen LogP contribution in [0, 0.1) is 12.7 Å². The number of fused-ring (bicyclic) bond motifs is 1. The Morgan fingerprint density at radius 2 is 2.06 bits per heavy atom. The Morgan fingerprint density at radius 1 is 1.22 bits per heavy atom. The van der Waals surface area contributed by atoms with Crippen LogP contribution in [0.1, 0.15) is 5.56 Å². The summed E-state index contributed by atoms with van der Waals surface area (Å²) in [5.41, 5.74) is 3.12. The van der Waals surface area contributed by atoms with Crippen LogP contribution in [-0.2, 0) is 0 Å². The van der Waals surface area contributed by atoms with Gasteiger partial charge in [0.05, 0.1) is 5.69 Å². The lowest BCUT2D eigenvalue weighted by Crippen LogP contribution is -1.83. The van der Waals surface area contributed by atoms with Crippen molar-refractivity contribution in [3.8, 4) is 11.3 Å². The normalized spacial score (nSPS) is 11.1. The summed E-state index contributed by atoms with van der Waals surface area (Å²) in [4.78, 5) is 4.44. The molecule has 0 spiro atoms. The van der Waals surface area contributed by atoms with Crippen LogP contribution in [0.4, 0.5) is 4.39 Å². The highest BCUT2D eigenvalue weighted by Gasteiger charge is 2.09. The topological polar surface area (TPSA) is 17.3 Å². The van der Waals surface area contributed by atoms with Gasteiger partial charge in [0.25, 0.3) is 0 Å². The summed E-state index contributed by atoms with van der Waals surface area (Å²) in [6, 6.07) is 8.96. The third kappa shape index (κ3) is 1.93. The molecule has 0 aliphatic heterocycles. The molecular weight excluding hydrogens is 295 g/mol. The van der Waals surface area contributed by atoms with Crippen molar-refractivity contribution in [3.63, 3.8) is 0 Å². The monoisotopic (exact) mass is 304 g/mol. The predicted molar refractivity (Wildman–Crippen MR) is 73.0 cm³/mol. The molecule has 0 saturated heterocycles. The highest BCUT2D eigenvalue weighted by molar-refractivity contribution is 9.10. The zero-order chi connectivity index (χ0) is 12.7. The van der Waals surface area contributed by atoms with Crippen LogP contribution >= 0.6 is 15.9 Å². The summed E-state index contributed by atoms with van der Waals surface area (Å²) in [6.45, 7) is 2.01. The maximum absolute atomic E-state index is 13.9. The largest absolute Gasteiger partial charge is 0.306 e. The van der Waals surface area contributed by atoms with E-state index in [9.17, 15) is 4.39 Å². The molecule has 0 aliphatic carbocycles. The van der Waals surface area contributed by atoms with Gasteiger partial charge >= 0.3 is 0 Å². The lowest BCUT2D eigenvalue weighted by atomic mass is 10.1. The third-order valence-corrected chi connectivity index (χ3v) is 3.32. The molecule has 90 valence electrons. The van der Waals surface area contributed by atoms with Gasteiger partial charge in [-0.05, 0) is 42.8 Å². The second-order valence-electron chi connectivity index (χ2n) is 4.22. The van der Waals surface area contributed by atoms with E-state index < -0.39 is 0 Å². The molecule has 0 atom stereocenters. The summed E-state index contributed by atoms with van der Waals surface area (Å²) in [7, 11) is 0. The average Bonchev–Trinajstić information content (AvgIpc) is 2.71. The minimum atomic E-state index is -0.274. The number of hydrogen-bond donors (Lipinski definition) is 0. The van der Waals surface area contributed by atoms with Crippen LogP contribution in [0.2, 0.25) is 0 Å². The molecule has 18 heavy (non-hydrogen) atoms. The second-order valence-corrected chi connectivity index (χ2v) is 5.14. The molecule has 0 N–H and O–H groups in total. The lowest BCUT2D eigenvalue weighted by Gasteiger charge is -1.98. The maximum atomic E-state index is 13.9. The molecule has 2 nitrogen and oxygen atoms in total. The Kier molecular flexibility index (Phi) is 2.67. The number of aromatic nitrogens is 2. The smallest absolute Gasteiger partial charge is 0.137 e. The summed E-state index contributed by atoms with van der Waals surface area (Å²) in [6.07, 6.45) is 3.76. The van der Waals surface area contributed by atoms with Crippen LogP contribution in [0.3, 0.4) is 0 Å². The first kappa shape index (κ1) is 11.4. The van der Waals surface area contributed by atoms with E-state index in [4.69, 9.17) is 0 Å². The van der Waals surface area contributed by atoms with Crippen molar-refractivity contribution in [3.05, 3.63) is 58.6 Å². The third-order valence-electron chi connectivity index (χ3n) is 2.82. The quantitative estimate of drug-likeness (QED) is 0.658. The summed E-state index contributed by atoms with van der Waals surface area (Å²) < 4.78 is 16.5. The maximum Gasteiger partial charge on any atom is 0.137 e. The Morgan fingerprint density at radius 3 is 2.83 bits per heavy atom. The average molecular weight is 305 g/mol. The van der Waals surface area contributed by atoms with E-state index in [1.54, 1.807) is 6.07 Å². The number of hydrogen-bond acceptors (Lipinski definition) is 1. The first-order valence-corrected chi connectivity index (χ1v) is 6.33. The molecule has 3 rings (SSSR count). The molecule has 2 heterocycles. The summed E-state index contributed by atoms with van der Waals surface area (Å²) >= 11 is 3.25. The van der Waals surface area contributed by atoms with Gasteiger partial charge in [-0.25, -0.2) is 9.37 Å². The zero-order valence-electron chi connectivity index (χ0n) is 9.69. The van der Waals surface area contributed by atoms with Crippen molar-refractivity contribution < 1.29 is 4.39 Å². The lowest BCUT2D eigenvalue weighted by molar-refractivity contribution is 0.630. The van der Waals surface area contributed by atoms with Crippen LogP contribution in [0.25, 0.3) is 16.9 Å². The number of pyridine rings is 1. The fourth-order valence-corrected chi connectivity index (χ4v) is 2.24. The Bertz CT molecular complexity index is 734. The molecule has 1 aromatic carbocycles. The second kappa shape index (κ2) is 4.21. The number of nitrogens with zero attached hydrogens (tertiary/aromatic N) is 2. The minimum absolute atomic E-state index is 0.274. The molecule has 4 heteroatoms. The van der Waals surface area contributed by atoms with Gasteiger partial charge in [-0.1, -0.05) is 15.9 Å². The number of aryl methyl sites for hydroxylation is 1. The highest BCUT2D eigenvalue weighted by atomic mass is 79.9. The van der Waals surface area contributed by atoms with Crippen molar-refractivity contribution >= 4 is 21.6 Å². The Balaban J connectivity index is 2.19. The molecule has 0 bridgehead atoms. The van der Waals surface area contributed by atoms with Crippen molar-refractivity contribution in [2.24, 2.45) is 0 Å². The van der Waals surface area contributed by atoms with E-state index in [2.05, 4.69) is 20.9 Å². The van der Waals surface area contributed by atoms with Gasteiger partial charge in [-0.15, -0.1) is 0 Å². The van der Waals surface area contributed by atoms with E-state index in [0.717, 1.165) is 15.7 Å². The number of imidazole rings is 1. The minimum Gasteiger partial charge on any atom is -0.306 e. The molecule has 3 aromatic rings. The molecule has 0 unspecified atom stereocenters. The summed E-state index contributed by atoms with van der Waals surface area (Å²) in [5.74, 6) is -0.274. The van der Waals surface area contributed by atoms with Crippen LogP contribution in [0.5, 0.6) is 0 Å². The molecule has 2 aromatic heterocycles. The standard InChI is InChI=1S/C14H10BrFN2/c1-9-4-5-18-8-13(17-14(18)6-9)11-3-2-10(15)7-12(11)16/h2-8H,1H3.